The summed E-state index contributed by atoms with van der Waals surface area (Å²) in [5.74, 6) is -0.548. The maximum atomic E-state index is 12.9. The number of pyridine rings is 1. The Bertz CT molecular complexity index is 1510. The fourth-order valence-electron chi connectivity index (χ4n) is 4.37. The van der Waals surface area contributed by atoms with E-state index in [1.807, 2.05) is 36.4 Å². The van der Waals surface area contributed by atoms with Gasteiger partial charge in [0.15, 0.2) is 5.82 Å². The van der Waals surface area contributed by atoms with Crippen molar-refractivity contribution in [2.75, 3.05) is 17.2 Å². The number of hydrogen-bond donors (Lipinski definition) is 2. The van der Waals surface area contributed by atoms with Gasteiger partial charge in [-0.2, -0.15) is 5.10 Å². The third-order valence-electron chi connectivity index (χ3n) is 6.29. The zero-order valence-electron chi connectivity index (χ0n) is 19.9. The number of nitrogen functional groups attached to an aromatic ring is 1. The molecule has 10 heteroatoms. The molecule has 3 N–H and O–H groups in total. The monoisotopic (exact) mass is 516 g/mol. The summed E-state index contributed by atoms with van der Waals surface area (Å²) in [6.07, 6.45) is 3.81. The molecule has 2 aromatic carbocycles. The SMILES string of the molecule is Nc1nn(Cc2ccc(Cn3ccccc3=O)cc2)cc1C(=O)N[C@@H]1CCN(c2cccc(Cl)c2)C1=O. The van der Waals surface area contributed by atoms with E-state index in [9.17, 15) is 14.4 Å². The van der Waals surface area contributed by atoms with Gasteiger partial charge in [0.05, 0.1) is 13.1 Å². The summed E-state index contributed by atoms with van der Waals surface area (Å²) < 4.78 is 3.23. The number of rotatable bonds is 7. The second-order valence-electron chi connectivity index (χ2n) is 8.89. The molecule has 0 saturated carbocycles. The molecule has 3 heterocycles. The number of nitrogens with two attached hydrogens (primary N) is 1. The van der Waals surface area contributed by atoms with Crippen LogP contribution in [0.5, 0.6) is 0 Å². The smallest absolute Gasteiger partial charge is 0.257 e. The highest BCUT2D eigenvalue weighted by atomic mass is 35.5. The van der Waals surface area contributed by atoms with Gasteiger partial charge < -0.3 is 20.5 Å². The van der Waals surface area contributed by atoms with Gasteiger partial charge in [0.1, 0.15) is 11.6 Å². The average molecular weight is 517 g/mol. The standard InChI is InChI=1S/C27H25ClN6O3/c28-20-4-3-5-21(14-20)34-13-11-23(27(34)37)30-26(36)22-17-33(31-25(22)29)16-19-9-7-18(8-10-19)15-32-12-2-1-6-24(32)35/h1-10,12,14,17,23H,11,13,15-16H2,(H2,29,31)(H,30,36)/t23-/m1/s1. The number of nitrogens with one attached hydrogen (secondary N) is 1. The first-order valence-electron chi connectivity index (χ1n) is 11.8. The van der Waals surface area contributed by atoms with E-state index < -0.39 is 11.9 Å². The van der Waals surface area contributed by atoms with Crippen molar-refractivity contribution in [2.24, 2.45) is 0 Å². The van der Waals surface area contributed by atoms with Gasteiger partial charge in [0.25, 0.3) is 11.5 Å². The van der Waals surface area contributed by atoms with E-state index >= 15 is 0 Å². The van der Waals surface area contributed by atoms with E-state index in [1.54, 1.807) is 50.8 Å². The van der Waals surface area contributed by atoms with E-state index in [0.29, 0.717) is 36.8 Å². The van der Waals surface area contributed by atoms with Crippen LogP contribution in [0.4, 0.5) is 11.5 Å². The van der Waals surface area contributed by atoms with E-state index in [0.717, 1.165) is 11.1 Å². The Morgan fingerprint density at radius 2 is 1.78 bits per heavy atom. The molecule has 1 aliphatic rings. The molecule has 0 unspecified atom stereocenters. The van der Waals surface area contributed by atoms with Crippen molar-refractivity contribution in [3.05, 3.63) is 111 Å². The molecule has 4 aromatic rings. The lowest BCUT2D eigenvalue weighted by atomic mass is 10.1. The normalized spacial score (nSPS) is 15.2. The molecule has 1 atom stereocenters. The topological polar surface area (TPSA) is 115 Å². The molecule has 9 nitrogen and oxygen atoms in total. The number of halogens is 1. The Morgan fingerprint density at radius 3 is 2.51 bits per heavy atom. The van der Waals surface area contributed by atoms with Crippen molar-refractivity contribution in [3.8, 4) is 0 Å². The number of benzene rings is 2. The number of carbonyl (C=O) groups excluding carboxylic acids is 2. The minimum atomic E-state index is -0.654. The highest BCUT2D eigenvalue weighted by molar-refractivity contribution is 6.31. The van der Waals surface area contributed by atoms with Crippen LogP contribution in [0.1, 0.15) is 27.9 Å². The second-order valence-corrected chi connectivity index (χ2v) is 9.33. The van der Waals surface area contributed by atoms with Gasteiger partial charge in [-0.1, -0.05) is 48.0 Å². The maximum Gasteiger partial charge on any atom is 0.257 e. The lowest BCUT2D eigenvalue weighted by Gasteiger charge is -2.17. The van der Waals surface area contributed by atoms with Gasteiger partial charge in [-0.15, -0.1) is 0 Å². The van der Waals surface area contributed by atoms with Crippen molar-refractivity contribution < 1.29 is 9.59 Å². The zero-order valence-corrected chi connectivity index (χ0v) is 20.6. The van der Waals surface area contributed by atoms with Crippen molar-refractivity contribution in [3.63, 3.8) is 0 Å². The summed E-state index contributed by atoms with van der Waals surface area (Å²) >= 11 is 6.05. The highest BCUT2D eigenvalue weighted by Crippen LogP contribution is 2.25. The van der Waals surface area contributed by atoms with Crippen LogP contribution in [-0.2, 0) is 17.9 Å². The number of anilines is 2. The molecule has 0 spiro atoms. The molecular weight excluding hydrogens is 492 g/mol. The van der Waals surface area contributed by atoms with Gasteiger partial charge in [-0.05, 0) is 41.8 Å². The van der Waals surface area contributed by atoms with E-state index in [2.05, 4.69) is 10.4 Å². The van der Waals surface area contributed by atoms with Crippen LogP contribution in [0.3, 0.4) is 0 Å². The Hall–Kier alpha value is -4.37. The largest absolute Gasteiger partial charge is 0.382 e. The summed E-state index contributed by atoms with van der Waals surface area (Å²) in [6.45, 7) is 1.37. The molecule has 2 aromatic heterocycles. The highest BCUT2D eigenvalue weighted by Gasteiger charge is 2.34. The van der Waals surface area contributed by atoms with Crippen LogP contribution >= 0.6 is 11.6 Å². The lowest BCUT2D eigenvalue weighted by Crippen LogP contribution is -2.41. The second kappa shape index (κ2) is 10.3. The number of hydrogen-bond acceptors (Lipinski definition) is 5. The maximum absolute atomic E-state index is 12.9. The Labute approximate surface area is 218 Å². The Balaban J connectivity index is 1.21. The first-order chi connectivity index (χ1) is 17.9. The molecule has 1 aliphatic heterocycles. The number of carbonyl (C=O) groups is 2. The molecule has 188 valence electrons. The van der Waals surface area contributed by atoms with Gasteiger partial charge in [-0.3, -0.25) is 19.1 Å². The van der Waals surface area contributed by atoms with Gasteiger partial charge >= 0.3 is 0 Å². The Kier molecular flexibility index (Phi) is 6.78. The predicted molar refractivity (Wildman–Crippen MR) is 142 cm³/mol. The first kappa shape index (κ1) is 24.3. The van der Waals surface area contributed by atoms with Crippen LogP contribution < -0.4 is 21.5 Å². The molecule has 1 saturated heterocycles. The quantitative estimate of drug-likeness (QED) is 0.392. The molecule has 0 bridgehead atoms. The number of aromatic nitrogens is 3. The van der Waals surface area contributed by atoms with E-state index in [4.69, 9.17) is 17.3 Å². The molecule has 37 heavy (non-hydrogen) atoms. The third-order valence-corrected chi connectivity index (χ3v) is 6.52. The van der Waals surface area contributed by atoms with Crippen molar-refractivity contribution >= 4 is 34.9 Å². The third kappa shape index (κ3) is 5.41. The summed E-state index contributed by atoms with van der Waals surface area (Å²) in [7, 11) is 0. The van der Waals surface area contributed by atoms with Crippen LogP contribution in [-0.4, -0.2) is 38.7 Å². The first-order valence-corrected chi connectivity index (χ1v) is 12.2. The minimum absolute atomic E-state index is 0.0547. The van der Waals surface area contributed by atoms with Gasteiger partial charge in [0, 0.05) is 35.7 Å². The average Bonchev–Trinajstić information content (AvgIpc) is 3.43. The van der Waals surface area contributed by atoms with Gasteiger partial charge in [-0.25, -0.2) is 0 Å². The predicted octanol–water partition coefficient (Wildman–Crippen LogP) is 2.91. The summed E-state index contributed by atoms with van der Waals surface area (Å²) in [6, 6.07) is 19.3. The summed E-state index contributed by atoms with van der Waals surface area (Å²) in [4.78, 5) is 39.3. The number of amides is 2. The van der Waals surface area contributed by atoms with E-state index in [1.165, 1.54) is 6.07 Å². The molecule has 2 amide bonds. The van der Waals surface area contributed by atoms with Crippen LogP contribution in [0, 0.1) is 0 Å². The lowest BCUT2D eigenvalue weighted by molar-refractivity contribution is -0.118. The molecule has 1 fully saturated rings. The zero-order chi connectivity index (χ0) is 25.9. The van der Waals surface area contributed by atoms with Crippen LogP contribution in [0.15, 0.2) is 83.9 Å². The summed E-state index contributed by atoms with van der Waals surface area (Å²) in [5, 5.41) is 7.60. The Morgan fingerprint density at radius 1 is 1.03 bits per heavy atom. The van der Waals surface area contributed by atoms with Crippen molar-refractivity contribution in [1.82, 2.24) is 19.7 Å². The van der Waals surface area contributed by atoms with Crippen molar-refractivity contribution in [2.45, 2.75) is 25.6 Å². The molecule has 0 aliphatic carbocycles. The molecule has 5 rings (SSSR count). The molecular formula is C27H25ClN6O3. The number of nitrogens with zero attached hydrogens (tertiary/aromatic N) is 4. The van der Waals surface area contributed by atoms with Crippen molar-refractivity contribution in [1.29, 1.82) is 0 Å². The van der Waals surface area contributed by atoms with Crippen LogP contribution in [0.25, 0.3) is 0 Å². The molecule has 0 radical (unpaired) electrons. The fraction of sp³-hybridized carbons (Fsp3) is 0.185. The van der Waals surface area contributed by atoms with E-state index in [-0.39, 0.29) is 22.8 Å². The fourth-order valence-corrected chi connectivity index (χ4v) is 4.55. The minimum Gasteiger partial charge on any atom is -0.382 e. The van der Waals surface area contributed by atoms with Crippen LogP contribution in [0.2, 0.25) is 5.02 Å². The van der Waals surface area contributed by atoms with Gasteiger partial charge in [0.2, 0.25) is 5.91 Å². The summed E-state index contributed by atoms with van der Waals surface area (Å²) in [5.41, 5.74) is 8.84.